The van der Waals surface area contributed by atoms with E-state index >= 15 is 0 Å². The lowest BCUT2D eigenvalue weighted by atomic mass is 9.90. The van der Waals surface area contributed by atoms with Gasteiger partial charge in [-0.1, -0.05) is 12.1 Å². The molecule has 0 spiro atoms. The number of nitrogens with zero attached hydrogens (tertiary/aromatic N) is 3. The first-order chi connectivity index (χ1) is 13.9. The molecule has 1 aromatic carbocycles. The van der Waals surface area contributed by atoms with Gasteiger partial charge in [0.1, 0.15) is 0 Å². The number of aromatic nitrogens is 2. The molecule has 2 heterocycles. The first-order valence-corrected chi connectivity index (χ1v) is 9.77. The fourth-order valence-electron chi connectivity index (χ4n) is 3.37. The Morgan fingerprint density at radius 1 is 1.21 bits per heavy atom. The number of aliphatic carboxylic acids is 1. The van der Waals surface area contributed by atoms with Crippen LogP contribution in [0.4, 0.5) is 5.95 Å². The lowest BCUT2D eigenvalue weighted by Crippen LogP contribution is -2.53. The molecule has 2 aromatic rings. The number of ether oxygens (including phenoxy) is 2. The summed E-state index contributed by atoms with van der Waals surface area (Å²) in [4.78, 5) is 22.9. The third-order valence-corrected chi connectivity index (χ3v) is 4.96. The van der Waals surface area contributed by atoms with Gasteiger partial charge in [0.05, 0.1) is 7.11 Å². The molecule has 1 saturated heterocycles. The lowest BCUT2D eigenvalue weighted by molar-refractivity contribution is -0.160. The lowest BCUT2D eigenvalue weighted by Gasteiger charge is -2.39. The molecule has 0 atom stereocenters. The molecule has 29 heavy (non-hydrogen) atoms. The van der Waals surface area contributed by atoms with E-state index in [4.69, 9.17) is 9.47 Å². The molecule has 3 rings (SSSR count). The molecule has 1 aliphatic rings. The summed E-state index contributed by atoms with van der Waals surface area (Å²) in [6.45, 7) is 5.95. The van der Waals surface area contributed by atoms with Crippen molar-refractivity contribution in [3.8, 4) is 11.5 Å². The van der Waals surface area contributed by atoms with E-state index in [0.717, 1.165) is 5.56 Å². The van der Waals surface area contributed by atoms with Crippen LogP contribution < -0.4 is 14.8 Å². The number of para-hydroxylation sites is 2. The van der Waals surface area contributed by atoms with E-state index in [-0.39, 0.29) is 6.04 Å². The summed E-state index contributed by atoms with van der Waals surface area (Å²) in [5, 5.41) is 13.0. The molecular formula is C21H28N4O4. The average molecular weight is 400 g/mol. The maximum absolute atomic E-state index is 12.1. The van der Waals surface area contributed by atoms with Crippen molar-refractivity contribution in [2.75, 3.05) is 25.5 Å². The van der Waals surface area contributed by atoms with E-state index < -0.39 is 11.6 Å². The Morgan fingerprint density at radius 3 is 2.38 bits per heavy atom. The van der Waals surface area contributed by atoms with Crippen molar-refractivity contribution in [2.45, 2.75) is 44.9 Å². The fraction of sp³-hybridized carbons (Fsp3) is 0.476. The van der Waals surface area contributed by atoms with Crippen LogP contribution in [0.2, 0.25) is 0 Å². The van der Waals surface area contributed by atoms with Gasteiger partial charge in [0.15, 0.2) is 11.5 Å². The Labute approximate surface area is 170 Å². The molecule has 8 nitrogen and oxygen atoms in total. The van der Waals surface area contributed by atoms with Crippen molar-refractivity contribution in [2.24, 2.45) is 0 Å². The second kappa shape index (κ2) is 9.09. The van der Waals surface area contributed by atoms with Gasteiger partial charge in [0, 0.05) is 56.5 Å². The number of carboxylic acids is 1. The summed E-state index contributed by atoms with van der Waals surface area (Å²) < 4.78 is 11.3. The molecule has 0 bridgehead atoms. The number of hydrogen-bond acceptors (Lipinski definition) is 7. The number of carbonyl (C=O) groups is 1. The standard InChI is InChI=1S/C21H28N4O4/c1-15(2)24-20-22-12-16(13-23-20)14-25-10-8-21(9-11-25,19(26)27)29-18-7-5-4-6-17(18)28-3/h4-7,12-13,15H,8-11,14H2,1-3H3,(H,26,27)(H,22,23,24). The highest BCUT2D eigenvalue weighted by Gasteiger charge is 2.44. The van der Waals surface area contributed by atoms with E-state index in [2.05, 4.69) is 20.2 Å². The molecule has 0 saturated carbocycles. The number of anilines is 1. The minimum atomic E-state index is -1.26. The van der Waals surface area contributed by atoms with Gasteiger partial charge in [-0.05, 0) is 26.0 Å². The van der Waals surface area contributed by atoms with Crippen molar-refractivity contribution in [1.82, 2.24) is 14.9 Å². The molecule has 1 fully saturated rings. The summed E-state index contributed by atoms with van der Waals surface area (Å²) in [5.41, 5.74) is -0.264. The molecule has 8 heteroatoms. The molecule has 0 amide bonds. The van der Waals surface area contributed by atoms with E-state index in [9.17, 15) is 9.90 Å². The smallest absolute Gasteiger partial charge is 0.348 e. The predicted molar refractivity (Wildman–Crippen MR) is 109 cm³/mol. The normalized spacial score (nSPS) is 16.4. The Balaban J connectivity index is 1.63. The van der Waals surface area contributed by atoms with Gasteiger partial charge in [-0.2, -0.15) is 0 Å². The van der Waals surface area contributed by atoms with Gasteiger partial charge in [0.25, 0.3) is 0 Å². The molecular weight excluding hydrogens is 372 g/mol. The number of hydrogen-bond donors (Lipinski definition) is 2. The Bertz CT molecular complexity index is 818. The van der Waals surface area contributed by atoms with Gasteiger partial charge in [0.2, 0.25) is 11.5 Å². The van der Waals surface area contributed by atoms with Crippen molar-refractivity contribution in [3.05, 3.63) is 42.2 Å². The topological polar surface area (TPSA) is 96.8 Å². The van der Waals surface area contributed by atoms with Crippen LogP contribution in [0.5, 0.6) is 11.5 Å². The number of piperidine rings is 1. The fourth-order valence-corrected chi connectivity index (χ4v) is 3.37. The van der Waals surface area contributed by atoms with Crippen LogP contribution in [-0.2, 0) is 11.3 Å². The second-order valence-corrected chi connectivity index (χ2v) is 7.54. The van der Waals surface area contributed by atoms with Crippen LogP contribution in [0.25, 0.3) is 0 Å². The largest absolute Gasteiger partial charge is 0.493 e. The second-order valence-electron chi connectivity index (χ2n) is 7.54. The van der Waals surface area contributed by atoms with E-state index in [1.54, 1.807) is 25.3 Å². The van der Waals surface area contributed by atoms with Crippen molar-refractivity contribution >= 4 is 11.9 Å². The summed E-state index contributed by atoms with van der Waals surface area (Å²) in [6, 6.07) is 7.40. The first-order valence-electron chi connectivity index (χ1n) is 9.77. The summed E-state index contributed by atoms with van der Waals surface area (Å²) in [6.07, 6.45) is 4.38. The highest BCUT2D eigenvalue weighted by Crippen LogP contribution is 2.34. The Kier molecular flexibility index (Phi) is 6.53. The SMILES string of the molecule is COc1ccccc1OC1(C(=O)O)CCN(Cc2cnc(NC(C)C)nc2)CC1. The number of nitrogens with one attached hydrogen (secondary N) is 1. The predicted octanol–water partition coefficient (Wildman–Crippen LogP) is 2.80. The van der Waals surface area contributed by atoms with Crippen LogP contribution >= 0.6 is 0 Å². The zero-order chi connectivity index (χ0) is 20.9. The summed E-state index contributed by atoms with van der Waals surface area (Å²) in [7, 11) is 1.54. The zero-order valence-corrected chi connectivity index (χ0v) is 17.1. The van der Waals surface area contributed by atoms with E-state index in [0.29, 0.717) is 49.9 Å². The maximum Gasteiger partial charge on any atom is 0.348 e. The maximum atomic E-state index is 12.1. The number of methoxy groups -OCH3 is 1. The molecule has 156 valence electrons. The molecule has 1 aromatic heterocycles. The highest BCUT2D eigenvalue weighted by molar-refractivity contribution is 5.78. The number of benzene rings is 1. The van der Waals surface area contributed by atoms with Crippen molar-refractivity contribution in [3.63, 3.8) is 0 Å². The third kappa shape index (κ3) is 5.14. The average Bonchev–Trinajstić information content (AvgIpc) is 2.71. The Hall–Kier alpha value is -2.87. The van der Waals surface area contributed by atoms with Crippen LogP contribution in [0.15, 0.2) is 36.7 Å². The monoisotopic (exact) mass is 400 g/mol. The summed E-state index contributed by atoms with van der Waals surface area (Å²) >= 11 is 0. The van der Waals surface area contributed by atoms with Crippen LogP contribution in [0.1, 0.15) is 32.3 Å². The highest BCUT2D eigenvalue weighted by atomic mass is 16.5. The quantitative estimate of drug-likeness (QED) is 0.698. The first kappa shape index (κ1) is 20.9. The molecule has 2 N–H and O–H groups in total. The number of likely N-dealkylation sites (tertiary alicyclic amines) is 1. The number of carboxylic acid groups (broad SMARTS) is 1. The molecule has 0 unspecified atom stereocenters. The molecule has 0 aliphatic carbocycles. The molecule has 0 radical (unpaired) electrons. The van der Waals surface area contributed by atoms with Crippen LogP contribution in [0, 0.1) is 0 Å². The van der Waals surface area contributed by atoms with E-state index in [1.165, 1.54) is 0 Å². The van der Waals surface area contributed by atoms with Gasteiger partial charge in [-0.15, -0.1) is 0 Å². The van der Waals surface area contributed by atoms with E-state index in [1.807, 2.05) is 32.3 Å². The van der Waals surface area contributed by atoms with Crippen molar-refractivity contribution < 1.29 is 19.4 Å². The zero-order valence-electron chi connectivity index (χ0n) is 17.1. The third-order valence-electron chi connectivity index (χ3n) is 4.96. The summed E-state index contributed by atoms with van der Waals surface area (Å²) in [5.74, 6) is 0.642. The van der Waals surface area contributed by atoms with Gasteiger partial charge >= 0.3 is 5.97 Å². The van der Waals surface area contributed by atoms with Crippen LogP contribution in [-0.4, -0.2) is 57.8 Å². The Morgan fingerprint density at radius 2 is 1.83 bits per heavy atom. The minimum Gasteiger partial charge on any atom is -0.493 e. The van der Waals surface area contributed by atoms with Gasteiger partial charge in [-0.25, -0.2) is 14.8 Å². The van der Waals surface area contributed by atoms with Crippen LogP contribution in [0.3, 0.4) is 0 Å². The number of rotatable bonds is 8. The van der Waals surface area contributed by atoms with Gasteiger partial charge < -0.3 is 19.9 Å². The van der Waals surface area contributed by atoms with Gasteiger partial charge in [-0.3, -0.25) is 4.90 Å². The van der Waals surface area contributed by atoms with Crippen molar-refractivity contribution in [1.29, 1.82) is 0 Å². The minimum absolute atomic E-state index is 0.273. The molecule has 1 aliphatic heterocycles.